The Kier molecular flexibility index (Phi) is 2.59. The van der Waals surface area contributed by atoms with Crippen LogP contribution in [-0.2, 0) is 4.79 Å². The molecule has 1 aliphatic carbocycles. The normalized spacial score (nSPS) is 29.7. The number of fused-ring (bicyclic) bond motifs is 3. The first kappa shape index (κ1) is 11.3. The molecule has 1 aromatic carbocycles. The lowest BCUT2D eigenvalue weighted by Crippen LogP contribution is -2.42. The maximum atomic E-state index is 12.3. The average Bonchev–Trinajstić information content (AvgIpc) is 2.65. The van der Waals surface area contributed by atoms with Crippen LogP contribution in [0.2, 0.25) is 0 Å². The Balaban J connectivity index is 1.98. The number of para-hydroxylation sites is 1. The zero-order valence-corrected chi connectivity index (χ0v) is 10.5. The smallest absolute Gasteiger partial charge is 0.156 e. The minimum Gasteiger partial charge on any atom is -0.364 e. The largest absolute Gasteiger partial charge is 0.364 e. The Morgan fingerprint density at radius 3 is 3.00 bits per heavy atom. The van der Waals surface area contributed by atoms with Crippen LogP contribution in [-0.4, -0.2) is 18.9 Å². The van der Waals surface area contributed by atoms with E-state index in [2.05, 4.69) is 23.1 Å². The number of hydrogen-bond donors (Lipinski definition) is 0. The van der Waals surface area contributed by atoms with E-state index in [0.29, 0.717) is 18.6 Å². The molecule has 0 amide bonds. The van der Waals surface area contributed by atoms with Crippen molar-refractivity contribution >= 4 is 11.5 Å². The summed E-state index contributed by atoms with van der Waals surface area (Å²) in [5, 5.41) is 8.82. The monoisotopic (exact) mass is 240 g/mol. The van der Waals surface area contributed by atoms with Gasteiger partial charge < -0.3 is 4.90 Å². The molecule has 0 bridgehead atoms. The van der Waals surface area contributed by atoms with E-state index in [0.717, 1.165) is 6.42 Å². The van der Waals surface area contributed by atoms with Crippen molar-refractivity contribution in [3.63, 3.8) is 0 Å². The Hall–Kier alpha value is -1.82. The predicted molar refractivity (Wildman–Crippen MR) is 69.3 cm³/mol. The molecule has 0 aromatic heterocycles. The standard InChI is InChI=1S/C15H16N2O/c1-17-13-5-3-2-4-11(13)12-8-10(6-7-16)9-14(18)15(12)17/h2-5,10,12,15H,6,8-9H2,1H3. The Morgan fingerprint density at radius 1 is 1.44 bits per heavy atom. The van der Waals surface area contributed by atoms with Gasteiger partial charge in [0.15, 0.2) is 5.78 Å². The van der Waals surface area contributed by atoms with Gasteiger partial charge in [-0.05, 0) is 24.0 Å². The van der Waals surface area contributed by atoms with E-state index in [-0.39, 0.29) is 17.9 Å². The Labute approximate surface area is 107 Å². The highest BCUT2D eigenvalue weighted by Crippen LogP contribution is 2.47. The van der Waals surface area contributed by atoms with Crippen LogP contribution in [0.5, 0.6) is 0 Å². The molecule has 0 saturated heterocycles. The molecule has 1 fully saturated rings. The third kappa shape index (κ3) is 1.53. The number of hydrogen-bond acceptors (Lipinski definition) is 3. The zero-order valence-electron chi connectivity index (χ0n) is 10.5. The van der Waals surface area contributed by atoms with E-state index >= 15 is 0 Å². The maximum Gasteiger partial charge on any atom is 0.156 e. The molecule has 1 aromatic rings. The second kappa shape index (κ2) is 4.13. The molecule has 3 unspecified atom stereocenters. The van der Waals surface area contributed by atoms with Crippen molar-refractivity contribution < 1.29 is 4.79 Å². The van der Waals surface area contributed by atoms with Crippen molar-refractivity contribution in [1.29, 1.82) is 5.26 Å². The van der Waals surface area contributed by atoms with Crippen LogP contribution in [0.3, 0.4) is 0 Å². The molecular weight excluding hydrogens is 224 g/mol. The number of anilines is 1. The number of Topliss-reactive ketones (excluding diaryl/α,β-unsaturated/α-hetero) is 1. The number of carbonyl (C=O) groups excluding carboxylic acids is 1. The summed E-state index contributed by atoms with van der Waals surface area (Å²) in [5.41, 5.74) is 2.46. The van der Waals surface area contributed by atoms with E-state index in [1.54, 1.807) is 0 Å². The molecule has 3 atom stereocenters. The fraction of sp³-hybridized carbons (Fsp3) is 0.467. The summed E-state index contributed by atoms with van der Waals surface area (Å²) in [6.07, 6.45) is 2.03. The minimum atomic E-state index is -0.00246. The lowest BCUT2D eigenvalue weighted by Gasteiger charge is -2.33. The highest BCUT2D eigenvalue weighted by atomic mass is 16.1. The van der Waals surface area contributed by atoms with Crippen molar-refractivity contribution in [3.8, 4) is 6.07 Å². The van der Waals surface area contributed by atoms with Gasteiger partial charge in [0.25, 0.3) is 0 Å². The van der Waals surface area contributed by atoms with E-state index in [1.807, 2.05) is 19.2 Å². The van der Waals surface area contributed by atoms with Crippen LogP contribution in [0, 0.1) is 17.2 Å². The van der Waals surface area contributed by atoms with E-state index in [1.165, 1.54) is 11.3 Å². The summed E-state index contributed by atoms with van der Waals surface area (Å²) in [6.45, 7) is 0. The van der Waals surface area contributed by atoms with Crippen molar-refractivity contribution in [2.24, 2.45) is 5.92 Å². The molecule has 1 saturated carbocycles. The summed E-state index contributed by atoms with van der Waals surface area (Å²) >= 11 is 0. The van der Waals surface area contributed by atoms with E-state index in [4.69, 9.17) is 5.26 Å². The minimum absolute atomic E-state index is 0.00246. The highest BCUT2D eigenvalue weighted by Gasteiger charge is 2.45. The second-order valence-electron chi connectivity index (χ2n) is 5.36. The fourth-order valence-corrected chi connectivity index (χ4v) is 3.54. The molecule has 1 heterocycles. The molecule has 2 aliphatic rings. The average molecular weight is 240 g/mol. The number of nitrogens with zero attached hydrogens (tertiary/aromatic N) is 2. The number of nitriles is 1. The van der Waals surface area contributed by atoms with Gasteiger partial charge in [-0.2, -0.15) is 5.26 Å². The Morgan fingerprint density at radius 2 is 2.22 bits per heavy atom. The number of rotatable bonds is 1. The van der Waals surface area contributed by atoms with Gasteiger partial charge in [-0.3, -0.25) is 4.79 Å². The zero-order chi connectivity index (χ0) is 12.7. The number of likely N-dealkylation sites (N-methyl/N-ethyl adjacent to an activating group) is 1. The van der Waals surface area contributed by atoms with Gasteiger partial charge in [-0.15, -0.1) is 0 Å². The molecule has 3 nitrogen and oxygen atoms in total. The van der Waals surface area contributed by atoms with Crippen LogP contribution in [0.25, 0.3) is 0 Å². The summed E-state index contributed by atoms with van der Waals surface area (Å²) < 4.78 is 0. The van der Waals surface area contributed by atoms with E-state index < -0.39 is 0 Å². The lowest BCUT2D eigenvalue weighted by atomic mass is 9.75. The van der Waals surface area contributed by atoms with Crippen LogP contribution < -0.4 is 4.90 Å². The topological polar surface area (TPSA) is 44.1 Å². The number of ketones is 1. The van der Waals surface area contributed by atoms with Gasteiger partial charge in [0.05, 0.1) is 12.1 Å². The first-order chi connectivity index (χ1) is 8.72. The summed E-state index contributed by atoms with van der Waals surface area (Å²) in [6, 6.07) is 10.5. The van der Waals surface area contributed by atoms with Gasteiger partial charge in [0.2, 0.25) is 0 Å². The van der Waals surface area contributed by atoms with Crippen LogP contribution >= 0.6 is 0 Å². The van der Waals surface area contributed by atoms with Gasteiger partial charge in [-0.1, -0.05) is 18.2 Å². The first-order valence-corrected chi connectivity index (χ1v) is 6.43. The first-order valence-electron chi connectivity index (χ1n) is 6.43. The third-order valence-electron chi connectivity index (χ3n) is 4.30. The van der Waals surface area contributed by atoms with Crippen LogP contribution in [0.1, 0.15) is 30.7 Å². The van der Waals surface area contributed by atoms with Crippen LogP contribution in [0.15, 0.2) is 24.3 Å². The second-order valence-corrected chi connectivity index (χ2v) is 5.36. The lowest BCUT2D eigenvalue weighted by molar-refractivity contribution is -0.123. The molecule has 92 valence electrons. The summed E-state index contributed by atoms with van der Waals surface area (Å²) in [4.78, 5) is 14.4. The molecular formula is C15H16N2O. The third-order valence-corrected chi connectivity index (χ3v) is 4.30. The number of carbonyl (C=O) groups is 1. The molecule has 0 N–H and O–H groups in total. The van der Waals surface area contributed by atoms with Crippen molar-refractivity contribution in [3.05, 3.63) is 29.8 Å². The predicted octanol–water partition coefficient (Wildman–Crippen LogP) is 2.48. The van der Waals surface area contributed by atoms with Crippen molar-refractivity contribution in [2.45, 2.75) is 31.2 Å². The van der Waals surface area contributed by atoms with Gasteiger partial charge in [0, 0.05) is 31.5 Å². The summed E-state index contributed by atoms with van der Waals surface area (Å²) in [7, 11) is 2.01. The van der Waals surface area contributed by atoms with Crippen molar-refractivity contribution in [1.82, 2.24) is 0 Å². The van der Waals surface area contributed by atoms with E-state index in [9.17, 15) is 4.79 Å². The summed E-state index contributed by atoms with van der Waals surface area (Å²) in [5.74, 6) is 0.819. The highest BCUT2D eigenvalue weighted by molar-refractivity contribution is 5.92. The number of benzene rings is 1. The molecule has 1 aliphatic heterocycles. The molecule has 3 rings (SSSR count). The SMILES string of the molecule is CN1c2ccccc2C2CC(CC#N)CC(=O)C21. The van der Waals surface area contributed by atoms with Gasteiger partial charge in [0.1, 0.15) is 0 Å². The molecule has 3 heteroatoms. The maximum absolute atomic E-state index is 12.3. The van der Waals surface area contributed by atoms with Crippen molar-refractivity contribution in [2.75, 3.05) is 11.9 Å². The molecule has 0 radical (unpaired) electrons. The van der Waals surface area contributed by atoms with Gasteiger partial charge in [-0.25, -0.2) is 0 Å². The quantitative estimate of drug-likeness (QED) is 0.757. The Bertz CT molecular complexity index is 532. The van der Waals surface area contributed by atoms with Gasteiger partial charge >= 0.3 is 0 Å². The fourth-order valence-electron chi connectivity index (χ4n) is 3.54. The molecule has 0 spiro atoms. The van der Waals surface area contributed by atoms with Crippen LogP contribution in [0.4, 0.5) is 5.69 Å². The molecule has 18 heavy (non-hydrogen) atoms.